The smallest absolute Gasteiger partial charge is 0.118 e. The van der Waals surface area contributed by atoms with Gasteiger partial charge in [-0.15, -0.1) is 0 Å². The molecular formula is C28H44BaO2. The van der Waals surface area contributed by atoms with Crippen LogP contribution in [0, 0.1) is 0 Å². The molecule has 31 heavy (non-hydrogen) atoms. The second kappa shape index (κ2) is 21.5. The molecule has 170 valence electrons. The Morgan fingerprint density at radius 3 is 1.16 bits per heavy atom. The maximum atomic E-state index is 9.55. The van der Waals surface area contributed by atoms with Gasteiger partial charge in [0.15, 0.2) is 0 Å². The fourth-order valence-electron chi connectivity index (χ4n) is 3.64. The maximum Gasteiger partial charge on any atom is 0.118 e. The summed E-state index contributed by atoms with van der Waals surface area (Å²) in [7, 11) is 0. The Morgan fingerprint density at radius 2 is 0.806 bits per heavy atom. The van der Waals surface area contributed by atoms with Crippen LogP contribution in [0.25, 0.3) is 0 Å². The molecule has 3 heteroatoms. The van der Waals surface area contributed by atoms with Gasteiger partial charge in [-0.1, -0.05) is 114 Å². The van der Waals surface area contributed by atoms with E-state index in [1.165, 1.54) is 77.0 Å². The minimum absolute atomic E-state index is 0. The van der Waals surface area contributed by atoms with Crippen LogP contribution in [0.3, 0.4) is 0 Å². The molecule has 0 saturated heterocycles. The first kappa shape index (κ1) is 30.6. The van der Waals surface area contributed by atoms with Crippen molar-refractivity contribution in [3.05, 3.63) is 59.7 Å². The zero-order chi connectivity index (χ0) is 21.9. The number of hydrogen-bond acceptors (Lipinski definition) is 2. The Morgan fingerprint density at radius 1 is 0.484 bits per heavy atom. The third-order valence-corrected chi connectivity index (χ3v) is 5.58. The summed E-state index contributed by atoms with van der Waals surface area (Å²) in [6.45, 7) is 4.48. The molecule has 0 aliphatic rings. The van der Waals surface area contributed by atoms with Crippen LogP contribution in [0.4, 0.5) is 0 Å². The molecule has 0 amide bonds. The third kappa shape index (κ3) is 16.0. The SMILES string of the molecule is CCCCCCCCc1ccccc1O.CCCCCCCCc1ccccc1O.[Ba]. The third-order valence-electron chi connectivity index (χ3n) is 5.58. The minimum atomic E-state index is 0. The standard InChI is InChI=1S/2C14H22O.Ba/c2*1-2-3-4-5-6-7-10-13-11-8-9-12-14(13)15;/h2*8-9,11-12,15H,2-7,10H2,1H3;. The Labute approximate surface area is 231 Å². The molecule has 2 aromatic carbocycles. The second-order valence-corrected chi connectivity index (χ2v) is 8.29. The first-order valence-corrected chi connectivity index (χ1v) is 12.2. The first-order valence-electron chi connectivity index (χ1n) is 12.2. The summed E-state index contributed by atoms with van der Waals surface area (Å²) in [6.07, 6.45) is 17.7. The molecule has 0 aliphatic heterocycles. The van der Waals surface area contributed by atoms with Gasteiger partial charge in [-0.25, -0.2) is 0 Å². The van der Waals surface area contributed by atoms with Gasteiger partial charge < -0.3 is 10.2 Å². The number of rotatable bonds is 14. The van der Waals surface area contributed by atoms with E-state index >= 15 is 0 Å². The predicted molar refractivity (Wildman–Crippen MR) is 136 cm³/mol. The van der Waals surface area contributed by atoms with Gasteiger partial charge in [-0.2, -0.15) is 0 Å². The van der Waals surface area contributed by atoms with Crippen LogP contribution < -0.4 is 0 Å². The average Bonchev–Trinajstić information content (AvgIpc) is 2.76. The van der Waals surface area contributed by atoms with Crippen LogP contribution in [-0.4, -0.2) is 59.1 Å². The van der Waals surface area contributed by atoms with Crippen LogP contribution >= 0.6 is 0 Å². The average molecular weight is 550 g/mol. The normalized spacial score (nSPS) is 10.1. The van der Waals surface area contributed by atoms with Crippen LogP contribution in [0.5, 0.6) is 11.5 Å². The summed E-state index contributed by atoms with van der Waals surface area (Å²) in [6, 6.07) is 15.3. The number of hydrogen-bond donors (Lipinski definition) is 2. The van der Waals surface area contributed by atoms with Crippen molar-refractivity contribution in [3.63, 3.8) is 0 Å². The van der Waals surface area contributed by atoms with Crippen LogP contribution in [-0.2, 0) is 12.8 Å². The van der Waals surface area contributed by atoms with Crippen LogP contribution in [0.1, 0.15) is 102 Å². The summed E-state index contributed by atoms with van der Waals surface area (Å²) in [5.41, 5.74) is 2.18. The summed E-state index contributed by atoms with van der Waals surface area (Å²) in [5.74, 6) is 0.900. The van der Waals surface area contributed by atoms with Crippen molar-refractivity contribution in [1.82, 2.24) is 0 Å². The van der Waals surface area contributed by atoms with Gasteiger partial charge in [0.2, 0.25) is 0 Å². The number of para-hydroxylation sites is 2. The van der Waals surface area contributed by atoms with E-state index in [0.717, 1.165) is 24.0 Å². The predicted octanol–water partition coefficient (Wildman–Crippen LogP) is 8.21. The number of aromatic hydroxyl groups is 2. The van der Waals surface area contributed by atoms with Gasteiger partial charge in [0.1, 0.15) is 11.5 Å². The molecule has 2 N–H and O–H groups in total. The monoisotopic (exact) mass is 550 g/mol. The molecular weight excluding hydrogens is 506 g/mol. The van der Waals surface area contributed by atoms with E-state index in [1.54, 1.807) is 12.1 Å². The van der Waals surface area contributed by atoms with Crippen LogP contribution in [0.15, 0.2) is 48.5 Å². The molecule has 0 spiro atoms. The molecule has 2 aromatic rings. The van der Waals surface area contributed by atoms with Crippen molar-refractivity contribution in [1.29, 1.82) is 0 Å². The number of aryl methyl sites for hydroxylation is 2. The van der Waals surface area contributed by atoms with E-state index < -0.39 is 0 Å². The quantitative estimate of drug-likeness (QED) is 0.184. The van der Waals surface area contributed by atoms with Gasteiger partial charge in [0.25, 0.3) is 0 Å². The van der Waals surface area contributed by atoms with Crippen molar-refractivity contribution in [3.8, 4) is 11.5 Å². The number of phenols is 2. The number of phenolic OH excluding ortho intramolecular Hbond substituents is 2. The van der Waals surface area contributed by atoms with Crippen molar-refractivity contribution in [2.24, 2.45) is 0 Å². The van der Waals surface area contributed by atoms with Crippen molar-refractivity contribution in [2.45, 2.75) is 104 Å². The Bertz CT molecular complexity index is 599. The molecule has 0 atom stereocenters. The van der Waals surface area contributed by atoms with Crippen molar-refractivity contribution < 1.29 is 10.2 Å². The zero-order valence-corrected chi connectivity index (χ0v) is 24.6. The zero-order valence-electron chi connectivity index (χ0n) is 20.1. The molecule has 0 aliphatic carbocycles. The summed E-state index contributed by atoms with van der Waals surface area (Å²) in [5, 5.41) is 19.1. The van der Waals surface area contributed by atoms with Gasteiger partial charge in [0, 0.05) is 48.9 Å². The van der Waals surface area contributed by atoms with Crippen molar-refractivity contribution in [2.75, 3.05) is 0 Å². The molecule has 0 saturated carbocycles. The fraction of sp³-hybridized carbons (Fsp3) is 0.571. The van der Waals surface area contributed by atoms with Gasteiger partial charge in [-0.3, -0.25) is 0 Å². The van der Waals surface area contributed by atoms with E-state index in [2.05, 4.69) is 13.8 Å². The summed E-state index contributed by atoms with van der Waals surface area (Å²) >= 11 is 0. The van der Waals surface area contributed by atoms with E-state index in [0.29, 0.717) is 11.5 Å². The number of unbranched alkanes of at least 4 members (excludes halogenated alkanes) is 10. The minimum Gasteiger partial charge on any atom is -0.508 e. The fourth-order valence-corrected chi connectivity index (χ4v) is 3.64. The van der Waals surface area contributed by atoms with Gasteiger partial charge in [0.05, 0.1) is 0 Å². The molecule has 0 fully saturated rings. The summed E-state index contributed by atoms with van der Waals surface area (Å²) < 4.78 is 0. The van der Waals surface area contributed by atoms with E-state index in [-0.39, 0.29) is 48.9 Å². The van der Waals surface area contributed by atoms with E-state index in [4.69, 9.17) is 0 Å². The van der Waals surface area contributed by atoms with Gasteiger partial charge >= 0.3 is 0 Å². The molecule has 2 nitrogen and oxygen atoms in total. The molecule has 0 unspecified atom stereocenters. The summed E-state index contributed by atoms with van der Waals surface area (Å²) in [4.78, 5) is 0. The molecule has 0 heterocycles. The van der Waals surface area contributed by atoms with Crippen LogP contribution in [0.2, 0.25) is 0 Å². The largest absolute Gasteiger partial charge is 0.508 e. The molecule has 0 aromatic heterocycles. The molecule has 2 radical (unpaired) electrons. The van der Waals surface area contributed by atoms with Gasteiger partial charge in [-0.05, 0) is 48.9 Å². The van der Waals surface area contributed by atoms with E-state index in [9.17, 15) is 10.2 Å². The Hall–Kier alpha value is -0.389. The van der Waals surface area contributed by atoms with E-state index in [1.807, 2.05) is 36.4 Å². The molecule has 2 rings (SSSR count). The second-order valence-electron chi connectivity index (χ2n) is 8.29. The maximum absolute atomic E-state index is 9.55. The Kier molecular flexibility index (Phi) is 21.2. The first-order chi connectivity index (χ1) is 14.7. The molecule has 0 bridgehead atoms. The topological polar surface area (TPSA) is 40.5 Å². The van der Waals surface area contributed by atoms with Crippen molar-refractivity contribution >= 4 is 48.9 Å². The number of benzene rings is 2. The Balaban J connectivity index is 0.000000562.